The molecule has 2 amide bonds. The van der Waals surface area contributed by atoms with Gasteiger partial charge < -0.3 is 21.7 Å². The fourth-order valence-electron chi connectivity index (χ4n) is 3.18. The van der Waals surface area contributed by atoms with Crippen LogP contribution in [0.5, 0.6) is 0 Å². The number of carboxylic acid groups (broad SMARTS) is 1. The maximum absolute atomic E-state index is 12.6. The van der Waals surface area contributed by atoms with E-state index in [9.17, 15) is 14.4 Å². The molecule has 0 saturated carbocycles. The van der Waals surface area contributed by atoms with E-state index in [4.69, 9.17) is 21.7 Å². The van der Waals surface area contributed by atoms with Gasteiger partial charge in [0.05, 0.1) is 16.8 Å². The molecule has 4 aromatic rings. The van der Waals surface area contributed by atoms with Crippen molar-refractivity contribution in [2.45, 2.75) is 13.2 Å². The van der Waals surface area contributed by atoms with Crippen LogP contribution >= 0.6 is 11.3 Å². The summed E-state index contributed by atoms with van der Waals surface area (Å²) in [5, 5.41) is 18.2. The fourth-order valence-corrected chi connectivity index (χ4v) is 4.06. The van der Waals surface area contributed by atoms with E-state index in [1.54, 1.807) is 60.7 Å². The van der Waals surface area contributed by atoms with Gasteiger partial charge >= 0.3 is 5.97 Å². The number of carbonyl (C=O) groups is 3. The Labute approximate surface area is 205 Å². The number of aliphatic hydroxyl groups excluding tert-OH is 1. The number of nitrogens with two attached hydrogens (primary N) is 2. The first-order chi connectivity index (χ1) is 16.8. The van der Waals surface area contributed by atoms with E-state index in [1.807, 2.05) is 12.1 Å². The molecule has 1 aromatic heterocycles. The summed E-state index contributed by atoms with van der Waals surface area (Å²) >= 11 is 1.24. The van der Waals surface area contributed by atoms with E-state index < -0.39 is 18.4 Å². The van der Waals surface area contributed by atoms with Crippen molar-refractivity contribution < 1.29 is 24.6 Å². The topological polar surface area (TPSA) is 160 Å². The first kappa shape index (κ1) is 25.5. The van der Waals surface area contributed by atoms with Crippen LogP contribution in [0.1, 0.15) is 31.3 Å². The molecule has 0 aliphatic heterocycles. The number of amides is 2. The Kier molecular flexibility index (Phi) is 8.63. The lowest BCUT2D eigenvalue weighted by atomic mass is 10.1. The molecule has 0 aliphatic carbocycles. The molecule has 4 rings (SSSR count). The number of fused-ring (bicyclic) bond motifs is 1. The van der Waals surface area contributed by atoms with E-state index in [0.29, 0.717) is 22.8 Å². The lowest BCUT2D eigenvalue weighted by Gasteiger charge is -2.21. The minimum Gasteiger partial charge on any atom is -0.480 e. The molecule has 0 atom stereocenters. The third-order valence-electron chi connectivity index (χ3n) is 4.86. The Morgan fingerprint density at radius 2 is 1.69 bits per heavy atom. The monoisotopic (exact) mass is 492 g/mol. The van der Waals surface area contributed by atoms with Crippen molar-refractivity contribution in [1.82, 2.24) is 4.98 Å². The van der Waals surface area contributed by atoms with Crippen LogP contribution in [0.2, 0.25) is 0 Å². The summed E-state index contributed by atoms with van der Waals surface area (Å²) in [6.45, 7) is -0.0825. The molecule has 0 radical (unpaired) electrons. The first-order valence-corrected chi connectivity index (χ1v) is 11.3. The van der Waals surface area contributed by atoms with Crippen LogP contribution in [-0.4, -0.2) is 39.5 Å². The van der Waals surface area contributed by atoms with Gasteiger partial charge in [0.2, 0.25) is 0 Å². The van der Waals surface area contributed by atoms with Gasteiger partial charge in [-0.3, -0.25) is 19.3 Å². The number of aromatic nitrogens is 1. The highest BCUT2D eigenvalue weighted by atomic mass is 32.1. The number of aliphatic carboxylic acids is 1. The van der Waals surface area contributed by atoms with Crippen molar-refractivity contribution in [2.24, 2.45) is 11.5 Å². The molecule has 0 spiro atoms. The maximum Gasteiger partial charge on any atom is 0.323 e. The summed E-state index contributed by atoms with van der Waals surface area (Å²) in [7, 11) is 0. The number of aliphatic hydroxyl groups is 1. The highest BCUT2D eigenvalue weighted by Crippen LogP contribution is 2.23. The Balaban J connectivity index is 0.000000211. The second-order valence-corrected chi connectivity index (χ2v) is 8.40. The fraction of sp³-hybridized carbons (Fsp3) is 0.120. The quantitative estimate of drug-likeness (QED) is 0.308. The second-order valence-electron chi connectivity index (χ2n) is 7.37. The number of primary amides is 1. The molecule has 0 fully saturated rings. The summed E-state index contributed by atoms with van der Waals surface area (Å²) in [4.78, 5) is 39.7. The highest BCUT2D eigenvalue weighted by Gasteiger charge is 2.20. The Morgan fingerprint density at radius 3 is 2.31 bits per heavy atom. The Morgan fingerprint density at radius 1 is 0.943 bits per heavy atom. The average Bonchev–Trinajstić information content (AvgIpc) is 3.31. The molecule has 3 aromatic carbocycles. The molecule has 1 heterocycles. The number of hydrogen-bond donors (Lipinski definition) is 4. The molecule has 180 valence electrons. The first-order valence-electron chi connectivity index (χ1n) is 10.5. The van der Waals surface area contributed by atoms with Crippen molar-refractivity contribution in [2.75, 3.05) is 11.4 Å². The zero-order chi connectivity index (χ0) is 25.4. The third kappa shape index (κ3) is 6.70. The molecule has 0 aliphatic rings. The zero-order valence-electron chi connectivity index (χ0n) is 18.6. The predicted molar refractivity (Wildman–Crippen MR) is 134 cm³/mol. The summed E-state index contributed by atoms with van der Waals surface area (Å²) in [6.07, 6.45) is 0. The molecule has 35 heavy (non-hydrogen) atoms. The van der Waals surface area contributed by atoms with Crippen LogP contribution in [0.25, 0.3) is 10.2 Å². The van der Waals surface area contributed by atoms with E-state index in [-0.39, 0.29) is 12.5 Å². The van der Waals surface area contributed by atoms with Crippen LogP contribution in [0, 0.1) is 0 Å². The number of thiazole rings is 1. The molecular weight excluding hydrogens is 468 g/mol. The van der Waals surface area contributed by atoms with Gasteiger partial charge in [-0.05, 0) is 47.5 Å². The van der Waals surface area contributed by atoms with Crippen molar-refractivity contribution >= 4 is 45.0 Å². The standard InChI is InChI=1S/C16H16N2O3.C9H8N2O2S/c17-10-12-5-4-6-13(9-12)16(21)18(11-15(19)20)14-7-2-1-3-8-14;10-8(13)9-11-6-2-1-5(4-12)3-7(6)14-9/h1-9H,10-11,17H2,(H,19,20);1-3,12H,4H2,(H2,10,13). The summed E-state index contributed by atoms with van der Waals surface area (Å²) < 4.78 is 0.866. The highest BCUT2D eigenvalue weighted by molar-refractivity contribution is 7.20. The van der Waals surface area contributed by atoms with Gasteiger partial charge in [-0.15, -0.1) is 11.3 Å². The molecule has 9 nitrogen and oxygen atoms in total. The largest absolute Gasteiger partial charge is 0.480 e. The SMILES string of the molecule is NC(=O)c1nc2ccc(CO)cc2s1.NCc1cccc(C(=O)N(CC(=O)O)c2ccccc2)c1. The Bertz CT molecular complexity index is 1340. The minimum absolute atomic E-state index is 0.0141. The van der Waals surface area contributed by atoms with Crippen LogP contribution in [-0.2, 0) is 17.9 Å². The zero-order valence-corrected chi connectivity index (χ0v) is 19.4. The lowest BCUT2D eigenvalue weighted by molar-refractivity contribution is -0.135. The van der Waals surface area contributed by atoms with Crippen molar-refractivity contribution in [3.8, 4) is 0 Å². The lowest BCUT2D eigenvalue weighted by Crippen LogP contribution is -2.35. The van der Waals surface area contributed by atoms with Crippen molar-refractivity contribution in [1.29, 1.82) is 0 Å². The van der Waals surface area contributed by atoms with Crippen LogP contribution in [0.3, 0.4) is 0 Å². The molecule has 0 bridgehead atoms. The van der Waals surface area contributed by atoms with E-state index in [2.05, 4.69) is 4.98 Å². The molecule has 0 unspecified atom stereocenters. The number of benzene rings is 3. The molecule has 6 N–H and O–H groups in total. The maximum atomic E-state index is 12.6. The van der Waals surface area contributed by atoms with E-state index in [1.165, 1.54) is 16.2 Å². The normalized spacial score (nSPS) is 10.3. The number of nitrogens with zero attached hydrogens (tertiary/aromatic N) is 2. The molecular formula is C25H24N4O5S. The smallest absolute Gasteiger partial charge is 0.323 e. The van der Waals surface area contributed by atoms with E-state index in [0.717, 1.165) is 21.3 Å². The number of carbonyl (C=O) groups excluding carboxylic acids is 2. The van der Waals surface area contributed by atoms with Crippen molar-refractivity contribution in [3.05, 3.63) is 94.5 Å². The Hall–Kier alpha value is -4.12. The van der Waals surface area contributed by atoms with Gasteiger partial charge in [-0.25, -0.2) is 4.98 Å². The van der Waals surface area contributed by atoms with Gasteiger partial charge in [0, 0.05) is 17.8 Å². The number of carboxylic acids is 1. The molecule has 10 heteroatoms. The molecule has 0 saturated heterocycles. The minimum atomic E-state index is -1.07. The van der Waals surface area contributed by atoms with Crippen LogP contribution < -0.4 is 16.4 Å². The van der Waals surface area contributed by atoms with Crippen molar-refractivity contribution in [3.63, 3.8) is 0 Å². The van der Waals surface area contributed by atoms with Gasteiger partial charge in [-0.1, -0.05) is 36.4 Å². The second kappa shape index (κ2) is 11.8. The number of rotatable bonds is 7. The van der Waals surface area contributed by atoms with Gasteiger partial charge in [0.25, 0.3) is 11.8 Å². The number of hydrogen-bond acceptors (Lipinski definition) is 7. The van der Waals surface area contributed by atoms with E-state index >= 15 is 0 Å². The van der Waals surface area contributed by atoms with Gasteiger partial charge in [0.1, 0.15) is 6.54 Å². The number of anilines is 1. The van der Waals surface area contributed by atoms with Crippen LogP contribution in [0.15, 0.2) is 72.8 Å². The summed E-state index contributed by atoms with van der Waals surface area (Å²) in [6, 6.07) is 21.0. The summed E-state index contributed by atoms with van der Waals surface area (Å²) in [5.41, 5.74) is 14.0. The predicted octanol–water partition coefficient (Wildman–Crippen LogP) is 2.76. The van der Waals surface area contributed by atoms with Gasteiger partial charge in [0.15, 0.2) is 5.01 Å². The van der Waals surface area contributed by atoms with Gasteiger partial charge in [-0.2, -0.15) is 0 Å². The summed E-state index contributed by atoms with van der Waals surface area (Å²) in [5.74, 6) is -1.95. The van der Waals surface area contributed by atoms with Crippen LogP contribution in [0.4, 0.5) is 5.69 Å². The average molecular weight is 493 g/mol. The third-order valence-corrected chi connectivity index (χ3v) is 5.89. The number of para-hydroxylation sites is 1.